The van der Waals surface area contributed by atoms with Crippen LogP contribution in [0.15, 0.2) is 36.7 Å². The molecule has 0 saturated heterocycles. The summed E-state index contributed by atoms with van der Waals surface area (Å²) in [6, 6.07) is 7.79. The van der Waals surface area contributed by atoms with Crippen LogP contribution >= 0.6 is 0 Å². The highest BCUT2D eigenvalue weighted by atomic mass is 16.5. The highest BCUT2D eigenvalue weighted by Gasteiger charge is 2.07. The molecule has 0 aliphatic rings. The Bertz CT molecular complexity index is 775. The van der Waals surface area contributed by atoms with Crippen LogP contribution in [0.5, 0.6) is 11.5 Å². The predicted octanol–water partition coefficient (Wildman–Crippen LogP) is 8.32. The number of ether oxygens (including phenoxy) is 2. The second-order valence-electron chi connectivity index (χ2n) is 9.08. The van der Waals surface area contributed by atoms with Crippen molar-refractivity contribution in [1.82, 2.24) is 9.97 Å². The molecule has 188 valence electrons. The van der Waals surface area contributed by atoms with Crippen molar-refractivity contribution in [2.45, 2.75) is 110 Å². The molecule has 0 fully saturated rings. The Balaban J connectivity index is 1.61. The van der Waals surface area contributed by atoms with Crippen molar-refractivity contribution in [2.24, 2.45) is 0 Å². The maximum absolute atomic E-state index is 12.1. The van der Waals surface area contributed by atoms with Crippen molar-refractivity contribution in [3.8, 4) is 22.9 Å². The highest BCUT2D eigenvalue weighted by molar-refractivity contribution is 5.72. The number of unbranched alkanes of at least 4 members (excludes halogenated alkanes) is 12. The minimum Gasteiger partial charge on any atom is -0.494 e. The van der Waals surface area contributed by atoms with Crippen LogP contribution in [0.1, 0.15) is 110 Å². The molecule has 5 nitrogen and oxygen atoms in total. The van der Waals surface area contributed by atoms with Gasteiger partial charge in [-0.25, -0.2) is 9.97 Å². The molecular weight excluding hydrogens is 424 g/mol. The Morgan fingerprint density at radius 1 is 0.676 bits per heavy atom. The van der Waals surface area contributed by atoms with Crippen molar-refractivity contribution in [3.63, 3.8) is 0 Å². The zero-order chi connectivity index (χ0) is 24.3. The SMILES string of the molecule is CCCCCCCCCCCCC(=O)Oc1cnc(-c2ccc(OCCCCCC)cc2)nc1. The molecule has 1 aromatic carbocycles. The van der Waals surface area contributed by atoms with Crippen molar-refractivity contribution in [3.05, 3.63) is 36.7 Å². The lowest BCUT2D eigenvalue weighted by atomic mass is 10.1. The van der Waals surface area contributed by atoms with Gasteiger partial charge in [-0.15, -0.1) is 0 Å². The number of aromatic nitrogens is 2. The van der Waals surface area contributed by atoms with Gasteiger partial charge < -0.3 is 9.47 Å². The fourth-order valence-electron chi connectivity index (χ4n) is 3.88. The average molecular weight is 469 g/mol. The third kappa shape index (κ3) is 12.2. The van der Waals surface area contributed by atoms with Crippen LogP contribution in [0, 0.1) is 0 Å². The molecule has 0 saturated carbocycles. The summed E-state index contributed by atoms with van der Waals surface area (Å²) in [5.41, 5.74) is 0.904. The van der Waals surface area contributed by atoms with Gasteiger partial charge in [0.05, 0.1) is 19.0 Å². The first-order valence-corrected chi connectivity index (χ1v) is 13.5. The molecule has 0 unspecified atom stereocenters. The number of hydrogen-bond donors (Lipinski definition) is 0. The molecule has 0 amide bonds. The van der Waals surface area contributed by atoms with Crippen LogP contribution in [0.25, 0.3) is 11.4 Å². The number of esters is 1. The fraction of sp³-hybridized carbons (Fsp3) is 0.621. The van der Waals surface area contributed by atoms with E-state index in [0.717, 1.165) is 37.2 Å². The molecule has 1 aromatic heterocycles. The summed E-state index contributed by atoms with van der Waals surface area (Å²) in [6.45, 7) is 5.20. The summed E-state index contributed by atoms with van der Waals surface area (Å²) in [5.74, 6) is 1.64. The predicted molar refractivity (Wildman–Crippen MR) is 139 cm³/mol. The largest absolute Gasteiger partial charge is 0.494 e. The number of hydrogen-bond acceptors (Lipinski definition) is 5. The minimum absolute atomic E-state index is 0.212. The lowest BCUT2D eigenvalue weighted by Crippen LogP contribution is -2.08. The van der Waals surface area contributed by atoms with Gasteiger partial charge in [-0.3, -0.25) is 4.79 Å². The number of benzene rings is 1. The first-order chi connectivity index (χ1) is 16.7. The molecule has 0 bridgehead atoms. The normalized spacial score (nSPS) is 10.9. The van der Waals surface area contributed by atoms with Crippen LogP contribution in [0.2, 0.25) is 0 Å². The van der Waals surface area contributed by atoms with E-state index in [0.29, 0.717) is 18.0 Å². The summed E-state index contributed by atoms with van der Waals surface area (Å²) >= 11 is 0. The van der Waals surface area contributed by atoms with Gasteiger partial charge in [0.2, 0.25) is 0 Å². The van der Waals surface area contributed by atoms with Gasteiger partial charge in [0.25, 0.3) is 0 Å². The van der Waals surface area contributed by atoms with Crippen LogP contribution in [0.3, 0.4) is 0 Å². The monoisotopic (exact) mass is 468 g/mol. The zero-order valence-electron chi connectivity index (χ0n) is 21.4. The molecule has 2 aromatic rings. The number of carbonyl (C=O) groups excluding carboxylic acids is 1. The van der Waals surface area contributed by atoms with E-state index in [-0.39, 0.29) is 5.97 Å². The Kier molecular flexibility index (Phi) is 14.7. The summed E-state index contributed by atoms with van der Waals surface area (Å²) in [5, 5.41) is 0. The number of carbonyl (C=O) groups is 1. The standard InChI is InChI=1S/C29H44N2O3/c1-3-5-7-9-10-11-12-13-14-15-17-28(32)34-27-23-30-29(31-24-27)25-18-20-26(21-19-25)33-22-16-8-6-4-2/h18-21,23-24H,3-17,22H2,1-2H3. The van der Waals surface area contributed by atoms with Crippen molar-refractivity contribution in [2.75, 3.05) is 6.61 Å². The molecule has 0 aliphatic heterocycles. The topological polar surface area (TPSA) is 61.3 Å². The van der Waals surface area contributed by atoms with E-state index in [9.17, 15) is 4.79 Å². The van der Waals surface area contributed by atoms with Gasteiger partial charge >= 0.3 is 5.97 Å². The van der Waals surface area contributed by atoms with E-state index in [1.54, 1.807) is 12.4 Å². The smallest absolute Gasteiger partial charge is 0.311 e. The molecule has 0 spiro atoms. The van der Waals surface area contributed by atoms with E-state index < -0.39 is 0 Å². The van der Waals surface area contributed by atoms with E-state index in [4.69, 9.17) is 9.47 Å². The molecule has 2 rings (SSSR count). The Hall–Kier alpha value is -2.43. The molecule has 1 heterocycles. The van der Waals surface area contributed by atoms with Crippen molar-refractivity contribution >= 4 is 5.97 Å². The first-order valence-electron chi connectivity index (χ1n) is 13.5. The molecule has 0 radical (unpaired) electrons. The van der Waals surface area contributed by atoms with Gasteiger partial charge in [0.15, 0.2) is 11.6 Å². The molecule has 0 N–H and O–H groups in total. The Labute approximate surface area is 206 Å². The van der Waals surface area contributed by atoms with E-state index in [1.807, 2.05) is 24.3 Å². The quantitative estimate of drug-likeness (QED) is 0.153. The van der Waals surface area contributed by atoms with Crippen LogP contribution in [-0.4, -0.2) is 22.5 Å². The molecule has 34 heavy (non-hydrogen) atoms. The zero-order valence-corrected chi connectivity index (χ0v) is 21.4. The number of rotatable bonds is 19. The summed E-state index contributed by atoms with van der Waals surface area (Å²) in [7, 11) is 0. The van der Waals surface area contributed by atoms with E-state index >= 15 is 0 Å². The van der Waals surface area contributed by atoms with Crippen LogP contribution in [0.4, 0.5) is 0 Å². The van der Waals surface area contributed by atoms with E-state index in [1.165, 1.54) is 70.6 Å². The lowest BCUT2D eigenvalue weighted by molar-refractivity contribution is -0.134. The van der Waals surface area contributed by atoms with Crippen LogP contribution < -0.4 is 9.47 Å². The van der Waals surface area contributed by atoms with E-state index in [2.05, 4.69) is 23.8 Å². The maximum Gasteiger partial charge on any atom is 0.311 e. The maximum atomic E-state index is 12.1. The molecule has 0 atom stereocenters. The Morgan fingerprint density at radius 3 is 1.79 bits per heavy atom. The average Bonchev–Trinajstić information content (AvgIpc) is 2.86. The van der Waals surface area contributed by atoms with Gasteiger partial charge in [-0.2, -0.15) is 0 Å². The Morgan fingerprint density at radius 2 is 1.21 bits per heavy atom. The first kappa shape index (κ1) is 27.8. The van der Waals surface area contributed by atoms with Gasteiger partial charge in [0, 0.05) is 12.0 Å². The summed E-state index contributed by atoms with van der Waals surface area (Å²) < 4.78 is 11.2. The summed E-state index contributed by atoms with van der Waals surface area (Å²) in [4.78, 5) is 20.8. The second kappa shape index (κ2) is 18.0. The molecular formula is C29H44N2O3. The summed E-state index contributed by atoms with van der Waals surface area (Å²) in [6.07, 6.45) is 20.8. The second-order valence-corrected chi connectivity index (χ2v) is 9.08. The van der Waals surface area contributed by atoms with Gasteiger partial charge in [-0.1, -0.05) is 90.9 Å². The number of nitrogens with zero attached hydrogens (tertiary/aromatic N) is 2. The van der Waals surface area contributed by atoms with Gasteiger partial charge in [-0.05, 0) is 37.1 Å². The minimum atomic E-state index is -0.212. The lowest BCUT2D eigenvalue weighted by Gasteiger charge is -2.07. The van der Waals surface area contributed by atoms with Crippen molar-refractivity contribution < 1.29 is 14.3 Å². The van der Waals surface area contributed by atoms with Gasteiger partial charge in [0.1, 0.15) is 5.75 Å². The third-order valence-electron chi connectivity index (χ3n) is 5.97. The van der Waals surface area contributed by atoms with Crippen LogP contribution in [-0.2, 0) is 4.79 Å². The molecule has 0 aliphatic carbocycles. The van der Waals surface area contributed by atoms with Crippen molar-refractivity contribution in [1.29, 1.82) is 0 Å². The fourth-order valence-corrected chi connectivity index (χ4v) is 3.88. The third-order valence-corrected chi connectivity index (χ3v) is 5.97. The molecule has 5 heteroatoms. The highest BCUT2D eigenvalue weighted by Crippen LogP contribution is 2.21.